The van der Waals surface area contributed by atoms with Crippen LogP contribution in [-0.4, -0.2) is 24.2 Å². The van der Waals surface area contributed by atoms with Gasteiger partial charge in [-0.05, 0) is 24.2 Å². The molecule has 0 aromatic carbocycles. The summed E-state index contributed by atoms with van der Waals surface area (Å²) in [4.78, 5) is 4.34. The monoisotopic (exact) mass is 446 g/mol. The summed E-state index contributed by atoms with van der Waals surface area (Å²) in [6.07, 6.45) is 8.41. The highest BCUT2D eigenvalue weighted by Crippen LogP contribution is 2.44. The Morgan fingerprint density at radius 3 is 2.71 bits per heavy atom. The zero-order valence-electron chi connectivity index (χ0n) is 15.0. The third-order valence-corrected chi connectivity index (χ3v) is 5.24. The lowest BCUT2D eigenvalue weighted by Crippen LogP contribution is -2.39. The van der Waals surface area contributed by atoms with Crippen molar-refractivity contribution in [3.63, 3.8) is 0 Å². The van der Waals surface area contributed by atoms with Crippen molar-refractivity contribution in [3.8, 4) is 0 Å². The van der Waals surface area contributed by atoms with Crippen molar-refractivity contribution in [3.05, 3.63) is 17.5 Å². The van der Waals surface area contributed by atoms with Gasteiger partial charge in [0.05, 0.1) is 12.2 Å². The van der Waals surface area contributed by atoms with Gasteiger partial charge in [0, 0.05) is 19.2 Å². The van der Waals surface area contributed by atoms with Crippen LogP contribution in [0.5, 0.6) is 0 Å². The molecule has 3 rings (SSSR count). The lowest BCUT2D eigenvalue weighted by atomic mass is 9.85. The summed E-state index contributed by atoms with van der Waals surface area (Å²) >= 11 is 0. The lowest BCUT2D eigenvalue weighted by molar-refractivity contribution is 0.315. The third kappa shape index (κ3) is 5.10. The van der Waals surface area contributed by atoms with Gasteiger partial charge in [-0.3, -0.25) is 4.99 Å². The van der Waals surface area contributed by atoms with E-state index in [1.807, 2.05) is 13.1 Å². The summed E-state index contributed by atoms with van der Waals surface area (Å²) in [7, 11) is 1.83. The Morgan fingerprint density at radius 1 is 1.33 bits per heavy atom. The second-order valence-electron chi connectivity index (χ2n) is 7.35. The number of nitrogens with zero attached hydrogens (tertiary/aromatic N) is 2. The molecule has 2 atom stereocenters. The summed E-state index contributed by atoms with van der Waals surface area (Å²) in [5.41, 5.74) is 1.00. The van der Waals surface area contributed by atoms with Crippen molar-refractivity contribution in [2.24, 2.45) is 16.8 Å². The molecule has 1 aromatic rings. The number of guanidine groups is 1. The van der Waals surface area contributed by atoms with Gasteiger partial charge < -0.3 is 15.2 Å². The minimum absolute atomic E-state index is 0. The van der Waals surface area contributed by atoms with Crippen LogP contribution in [0.25, 0.3) is 0 Å². The summed E-state index contributed by atoms with van der Waals surface area (Å²) in [5, 5.41) is 11.0. The molecule has 0 saturated heterocycles. The normalized spacial score (nSPS) is 24.6. The molecule has 24 heavy (non-hydrogen) atoms. The minimum Gasteiger partial charge on any atom is -0.359 e. The first kappa shape index (κ1) is 19.5. The Hall–Kier alpha value is -0.790. The molecule has 6 heteroatoms. The number of halogens is 1. The van der Waals surface area contributed by atoms with Gasteiger partial charge in [0.15, 0.2) is 11.7 Å². The first-order chi connectivity index (χ1) is 11.2. The van der Waals surface area contributed by atoms with Crippen molar-refractivity contribution >= 4 is 29.9 Å². The highest BCUT2D eigenvalue weighted by Gasteiger charge is 2.43. The van der Waals surface area contributed by atoms with Crippen LogP contribution < -0.4 is 10.6 Å². The molecule has 2 N–H and O–H groups in total. The van der Waals surface area contributed by atoms with Crippen LogP contribution in [-0.2, 0) is 6.54 Å². The number of hydrogen-bond donors (Lipinski definition) is 2. The number of hydrogen-bond acceptors (Lipinski definition) is 3. The summed E-state index contributed by atoms with van der Waals surface area (Å²) in [6.45, 7) is 4.86. The Balaban J connectivity index is 0.00000208. The van der Waals surface area contributed by atoms with Crippen LogP contribution in [0.15, 0.2) is 15.6 Å². The van der Waals surface area contributed by atoms with Gasteiger partial charge >= 0.3 is 0 Å². The molecular weight excluding hydrogens is 415 g/mol. The molecule has 1 aromatic heterocycles. The number of aromatic nitrogens is 1. The summed E-state index contributed by atoms with van der Waals surface area (Å²) < 4.78 is 5.36. The molecule has 2 unspecified atom stereocenters. The average Bonchev–Trinajstić information content (AvgIpc) is 3.17. The molecule has 136 valence electrons. The van der Waals surface area contributed by atoms with Crippen LogP contribution in [0, 0.1) is 11.8 Å². The molecule has 0 radical (unpaired) electrons. The molecule has 0 aliphatic heterocycles. The maximum atomic E-state index is 5.36. The van der Waals surface area contributed by atoms with Crippen LogP contribution in [0.3, 0.4) is 0 Å². The van der Waals surface area contributed by atoms with Gasteiger partial charge in [-0.2, -0.15) is 0 Å². The smallest absolute Gasteiger partial charge is 0.191 e. The highest BCUT2D eigenvalue weighted by atomic mass is 127. The topological polar surface area (TPSA) is 62.5 Å². The zero-order valence-corrected chi connectivity index (χ0v) is 17.4. The van der Waals surface area contributed by atoms with Gasteiger partial charge in [-0.1, -0.05) is 51.1 Å². The Bertz CT molecular complexity index is 537. The number of nitrogens with one attached hydrogen (secondary N) is 2. The second-order valence-corrected chi connectivity index (χ2v) is 7.35. The third-order valence-electron chi connectivity index (χ3n) is 5.24. The Kier molecular flexibility index (Phi) is 7.37. The van der Waals surface area contributed by atoms with Gasteiger partial charge in [-0.25, -0.2) is 0 Å². The van der Waals surface area contributed by atoms with Gasteiger partial charge in [0.2, 0.25) is 0 Å². The van der Waals surface area contributed by atoms with Crippen LogP contribution in [0.4, 0.5) is 0 Å². The van der Waals surface area contributed by atoms with Crippen molar-refractivity contribution in [2.45, 2.75) is 70.9 Å². The van der Waals surface area contributed by atoms with Gasteiger partial charge in [0.1, 0.15) is 0 Å². The fourth-order valence-corrected chi connectivity index (χ4v) is 3.69. The molecule has 2 aliphatic rings. The van der Waals surface area contributed by atoms with Crippen molar-refractivity contribution < 1.29 is 4.52 Å². The van der Waals surface area contributed by atoms with Crippen molar-refractivity contribution in [1.29, 1.82) is 0 Å². The molecule has 0 spiro atoms. The van der Waals surface area contributed by atoms with E-state index in [0.717, 1.165) is 29.2 Å². The SMILES string of the molecule is CN=C(NCc1cc(C(C)C)no1)NC1CC1C1CCCCC1.I. The Labute approximate surface area is 162 Å². The molecule has 1 heterocycles. The standard InChI is InChI=1S/C18H30N4O.HI/c1-12(2)16-9-14(23-22-16)11-20-18(19-3)21-17-10-15(17)13-7-5-4-6-8-13;/h9,12-13,15,17H,4-8,10-11H2,1-3H3,(H2,19,20,21);1H. The van der Waals surface area contributed by atoms with E-state index >= 15 is 0 Å². The van der Waals surface area contributed by atoms with Gasteiger partial charge in [-0.15, -0.1) is 24.0 Å². The summed E-state index contributed by atoms with van der Waals surface area (Å²) in [6, 6.07) is 2.62. The minimum atomic E-state index is 0. The van der Waals surface area contributed by atoms with Crippen LogP contribution in [0.1, 0.15) is 69.7 Å². The van der Waals surface area contributed by atoms with E-state index in [0.29, 0.717) is 18.5 Å². The van der Waals surface area contributed by atoms with E-state index in [9.17, 15) is 0 Å². The number of rotatable bonds is 5. The molecule has 2 saturated carbocycles. The van der Waals surface area contributed by atoms with Crippen molar-refractivity contribution in [1.82, 2.24) is 15.8 Å². The second kappa shape index (κ2) is 9.06. The van der Waals surface area contributed by atoms with E-state index in [-0.39, 0.29) is 24.0 Å². The average molecular weight is 446 g/mol. The van der Waals surface area contributed by atoms with E-state index in [4.69, 9.17) is 4.52 Å². The van der Waals surface area contributed by atoms with E-state index in [1.54, 1.807) is 0 Å². The lowest BCUT2D eigenvalue weighted by Gasteiger charge is -2.22. The molecule has 2 aliphatic carbocycles. The maximum Gasteiger partial charge on any atom is 0.191 e. The zero-order chi connectivity index (χ0) is 16.2. The quantitative estimate of drug-likeness (QED) is 0.407. The van der Waals surface area contributed by atoms with Crippen molar-refractivity contribution in [2.75, 3.05) is 7.05 Å². The van der Waals surface area contributed by atoms with E-state index < -0.39 is 0 Å². The largest absolute Gasteiger partial charge is 0.359 e. The molecule has 0 bridgehead atoms. The first-order valence-electron chi connectivity index (χ1n) is 9.10. The predicted octanol–water partition coefficient (Wildman–Crippen LogP) is 4.05. The fraction of sp³-hybridized carbons (Fsp3) is 0.778. The van der Waals surface area contributed by atoms with Crippen LogP contribution in [0.2, 0.25) is 0 Å². The van der Waals surface area contributed by atoms with Gasteiger partial charge in [0.25, 0.3) is 0 Å². The highest BCUT2D eigenvalue weighted by molar-refractivity contribution is 14.0. The van der Waals surface area contributed by atoms with E-state index in [2.05, 4.69) is 34.6 Å². The predicted molar refractivity (Wildman–Crippen MR) is 108 cm³/mol. The molecule has 0 amide bonds. The number of aliphatic imine (C=N–C) groups is 1. The Morgan fingerprint density at radius 2 is 2.08 bits per heavy atom. The molecule has 2 fully saturated rings. The molecular formula is C18H31IN4O. The fourth-order valence-electron chi connectivity index (χ4n) is 3.69. The molecule has 5 nitrogen and oxygen atoms in total. The maximum absolute atomic E-state index is 5.36. The van der Waals surface area contributed by atoms with Crippen LogP contribution >= 0.6 is 24.0 Å². The van der Waals surface area contributed by atoms with E-state index in [1.165, 1.54) is 38.5 Å². The summed E-state index contributed by atoms with van der Waals surface area (Å²) in [5.74, 6) is 3.91. The first-order valence-corrected chi connectivity index (χ1v) is 9.10.